The second-order valence-electron chi connectivity index (χ2n) is 7.48. The Morgan fingerprint density at radius 1 is 0.933 bits per heavy atom. The Balaban J connectivity index is 1.64. The van der Waals surface area contributed by atoms with Gasteiger partial charge in [-0.15, -0.1) is 0 Å². The minimum atomic E-state index is -0.514. The lowest BCUT2D eigenvalue weighted by Crippen LogP contribution is -2.18. The highest BCUT2D eigenvalue weighted by Crippen LogP contribution is 2.21. The van der Waals surface area contributed by atoms with Gasteiger partial charge >= 0.3 is 0 Å². The van der Waals surface area contributed by atoms with Crippen LogP contribution in [0.3, 0.4) is 0 Å². The molecule has 5 heteroatoms. The van der Waals surface area contributed by atoms with Crippen LogP contribution in [0.25, 0.3) is 11.0 Å². The fourth-order valence-corrected chi connectivity index (χ4v) is 3.74. The highest BCUT2D eigenvalue weighted by Gasteiger charge is 2.12. The van der Waals surface area contributed by atoms with E-state index >= 15 is 0 Å². The summed E-state index contributed by atoms with van der Waals surface area (Å²) in [6.45, 7) is 2.95. The second-order valence-corrected chi connectivity index (χ2v) is 7.48. The van der Waals surface area contributed by atoms with E-state index in [9.17, 15) is 4.79 Å². The fourth-order valence-electron chi connectivity index (χ4n) is 3.74. The summed E-state index contributed by atoms with van der Waals surface area (Å²) >= 11 is 0. The molecule has 1 amide bonds. The number of para-hydroxylation sites is 2. The molecule has 0 fully saturated rings. The summed E-state index contributed by atoms with van der Waals surface area (Å²) in [4.78, 5) is 16.4. The van der Waals surface area contributed by atoms with Crippen molar-refractivity contribution < 1.29 is 10.0 Å². The van der Waals surface area contributed by atoms with Gasteiger partial charge in [-0.1, -0.05) is 61.9 Å². The molecular weight excluding hydrogens is 374 g/mol. The van der Waals surface area contributed by atoms with E-state index in [2.05, 4.69) is 41.8 Å². The zero-order chi connectivity index (χ0) is 20.9. The number of rotatable bonds is 7. The third-order valence-electron chi connectivity index (χ3n) is 5.32. The van der Waals surface area contributed by atoms with Gasteiger partial charge in [0.25, 0.3) is 5.91 Å². The van der Waals surface area contributed by atoms with E-state index in [0.29, 0.717) is 12.0 Å². The Bertz CT molecular complexity index is 1150. The second kappa shape index (κ2) is 8.93. The molecule has 4 aromatic rings. The van der Waals surface area contributed by atoms with Crippen LogP contribution in [0.5, 0.6) is 0 Å². The maximum Gasteiger partial charge on any atom is 0.274 e. The van der Waals surface area contributed by atoms with Crippen molar-refractivity contribution in [2.45, 2.75) is 32.7 Å². The van der Waals surface area contributed by atoms with Crippen molar-refractivity contribution in [2.24, 2.45) is 0 Å². The number of amides is 1. The van der Waals surface area contributed by atoms with Gasteiger partial charge in [-0.2, -0.15) is 0 Å². The number of aromatic nitrogens is 2. The van der Waals surface area contributed by atoms with Gasteiger partial charge in [0.15, 0.2) is 0 Å². The molecule has 0 atom stereocenters. The third kappa shape index (κ3) is 4.26. The first-order valence-electron chi connectivity index (χ1n) is 10.2. The van der Waals surface area contributed by atoms with Crippen molar-refractivity contribution in [2.75, 3.05) is 0 Å². The highest BCUT2D eigenvalue weighted by atomic mass is 16.5. The monoisotopic (exact) mass is 399 g/mol. The molecule has 0 saturated heterocycles. The summed E-state index contributed by atoms with van der Waals surface area (Å²) in [6, 6.07) is 24.2. The van der Waals surface area contributed by atoms with Crippen molar-refractivity contribution in [3.05, 3.63) is 101 Å². The maximum absolute atomic E-state index is 11.5. The van der Waals surface area contributed by atoms with Crippen LogP contribution in [0.1, 0.15) is 46.2 Å². The van der Waals surface area contributed by atoms with Crippen molar-refractivity contribution in [3.8, 4) is 0 Å². The summed E-state index contributed by atoms with van der Waals surface area (Å²) in [5, 5.41) is 8.78. The summed E-state index contributed by atoms with van der Waals surface area (Å²) in [7, 11) is 0. The minimum absolute atomic E-state index is 0.418. The number of nitrogens with zero attached hydrogens (tertiary/aromatic N) is 2. The van der Waals surface area contributed by atoms with Crippen LogP contribution in [0.4, 0.5) is 0 Å². The molecular formula is C25H25N3O2. The van der Waals surface area contributed by atoms with Crippen LogP contribution in [-0.4, -0.2) is 20.7 Å². The average molecular weight is 399 g/mol. The Labute approximate surface area is 176 Å². The van der Waals surface area contributed by atoms with Crippen molar-refractivity contribution in [3.63, 3.8) is 0 Å². The molecule has 0 saturated carbocycles. The molecule has 0 radical (unpaired) electrons. The van der Waals surface area contributed by atoms with Crippen molar-refractivity contribution >= 4 is 16.9 Å². The molecule has 30 heavy (non-hydrogen) atoms. The number of aryl methyl sites for hydroxylation is 1. The van der Waals surface area contributed by atoms with Gasteiger partial charge in [0, 0.05) is 18.5 Å². The average Bonchev–Trinajstić information content (AvgIpc) is 3.12. The molecule has 0 unspecified atom stereocenters. The molecule has 1 heterocycles. The lowest BCUT2D eigenvalue weighted by molar-refractivity contribution is 0.0706. The molecule has 2 N–H and O–H groups in total. The molecule has 0 spiro atoms. The number of imidazole rings is 1. The van der Waals surface area contributed by atoms with Crippen LogP contribution in [-0.2, 0) is 19.4 Å². The predicted molar refractivity (Wildman–Crippen MR) is 118 cm³/mol. The van der Waals surface area contributed by atoms with Crippen molar-refractivity contribution in [1.29, 1.82) is 0 Å². The SMILES string of the molecule is CCCc1ccc(Cn2c(Cc3ccc(C(=O)NO)cc3)nc3ccccc32)cc1. The molecule has 1 aromatic heterocycles. The highest BCUT2D eigenvalue weighted by molar-refractivity contribution is 5.93. The van der Waals surface area contributed by atoms with E-state index in [0.717, 1.165) is 41.8 Å². The number of benzene rings is 3. The first kappa shape index (κ1) is 19.9. The molecule has 0 aliphatic heterocycles. The van der Waals surface area contributed by atoms with E-state index in [4.69, 9.17) is 10.2 Å². The van der Waals surface area contributed by atoms with Gasteiger partial charge in [-0.25, -0.2) is 10.5 Å². The largest absolute Gasteiger partial charge is 0.323 e. The first-order valence-corrected chi connectivity index (χ1v) is 10.2. The maximum atomic E-state index is 11.5. The van der Waals surface area contributed by atoms with Gasteiger partial charge in [0.05, 0.1) is 11.0 Å². The summed E-state index contributed by atoms with van der Waals surface area (Å²) < 4.78 is 2.26. The topological polar surface area (TPSA) is 67.2 Å². The number of hydroxylamine groups is 1. The van der Waals surface area contributed by atoms with Crippen LogP contribution in [0, 0.1) is 0 Å². The number of carbonyl (C=O) groups is 1. The van der Waals surface area contributed by atoms with E-state index in [1.165, 1.54) is 11.1 Å². The Morgan fingerprint density at radius 2 is 1.60 bits per heavy atom. The normalized spacial score (nSPS) is 11.0. The quantitative estimate of drug-likeness (QED) is 0.348. The van der Waals surface area contributed by atoms with Crippen molar-refractivity contribution in [1.82, 2.24) is 15.0 Å². The van der Waals surface area contributed by atoms with E-state index in [1.807, 2.05) is 30.3 Å². The number of fused-ring (bicyclic) bond motifs is 1. The van der Waals surface area contributed by atoms with Crippen LogP contribution in [0.2, 0.25) is 0 Å². The summed E-state index contributed by atoms with van der Waals surface area (Å²) in [6.07, 6.45) is 2.90. The third-order valence-corrected chi connectivity index (χ3v) is 5.32. The van der Waals surface area contributed by atoms with Gasteiger partial charge in [0.1, 0.15) is 5.82 Å². The van der Waals surface area contributed by atoms with E-state index in [1.54, 1.807) is 17.6 Å². The standard InChI is InChI=1S/C25H25N3O2/c1-2-5-18-8-10-20(11-9-18)17-28-23-7-4-3-6-22(23)26-24(28)16-19-12-14-21(15-13-19)25(29)27-30/h3-4,6-15,30H,2,5,16-17H2,1H3,(H,27,29). The summed E-state index contributed by atoms with van der Waals surface area (Å²) in [5.74, 6) is 0.466. The van der Waals surface area contributed by atoms with Crippen LogP contribution >= 0.6 is 0 Å². The molecule has 4 rings (SSSR count). The molecule has 0 bridgehead atoms. The Kier molecular flexibility index (Phi) is 5.91. The van der Waals surface area contributed by atoms with E-state index in [-0.39, 0.29) is 0 Å². The fraction of sp³-hybridized carbons (Fsp3) is 0.200. The Hall–Kier alpha value is -3.44. The smallest absolute Gasteiger partial charge is 0.274 e. The number of carbonyl (C=O) groups excluding carboxylic acids is 1. The van der Waals surface area contributed by atoms with Crippen LogP contribution in [0.15, 0.2) is 72.8 Å². The van der Waals surface area contributed by atoms with Gasteiger partial charge < -0.3 is 4.57 Å². The predicted octanol–water partition coefficient (Wildman–Crippen LogP) is 4.75. The number of hydrogen-bond acceptors (Lipinski definition) is 3. The zero-order valence-corrected chi connectivity index (χ0v) is 17.0. The molecule has 0 aliphatic rings. The number of hydrogen-bond donors (Lipinski definition) is 2. The van der Waals surface area contributed by atoms with E-state index < -0.39 is 5.91 Å². The van der Waals surface area contributed by atoms with Gasteiger partial charge in [0.2, 0.25) is 0 Å². The molecule has 3 aromatic carbocycles. The lowest BCUT2D eigenvalue weighted by atomic mass is 10.1. The molecule has 0 aliphatic carbocycles. The van der Waals surface area contributed by atoms with Crippen LogP contribution < -0.4 is 5.48 Å². The molecule has 152 valence electrons. The summed E-state index contributed by atoms with van der Waals surface area (Å²) in [5.41, 5.74) is 7.83. The van der Waals surface area contributed by atoms with Gasteiger partial charge in [-0.05, 0) is 47.4 Å². The van der Waals surface area contributed by atoms with Gasteiger partial charge in [-0.3, -0.25) is 10.0 Å². The number of nitrogens with one attached hydrogen (secondary N) is 1. The Morgan fingerprint density at radius 3 is 2.30 bits per heavy atom. The first-order chi connectivity index (χ1) is 14.7. The minimum Gasteiger partial charge on any atom is -0.323 e. The zero-order valence-electron chi connectivity index (χ0n) is 17.0. The lowest BCUT2D eigenvalue weighted by Gasteiger charge is -2.11. The molecule has 5 nitrogen and oxygen atoms in total.